The highest BCUT2D eigenvalue weighted by Crippen LogP contribution is 2.25. The number of methoxy groups -OCH3 is 1. The Morgan fingerprint density at radius 1 is 1.14 bits per heavy atom. The van der Waals surface area contributed by atoms with Crippen LogP contribution in [0.3, 0.4) is 0 Å². The van der Waals surface area contributed by atoms with Gasteiger partial charge in [0.1, 0.15) is 5.75 Å². The van der Waals surface area contributed by atoms with Crippen molar-refractivity contribution in [3.05, 3.63) is 29.8 Å². The third-order valence-corrected chi connectivity index (χ3v) is 4.44. The lowest BCUT2D eigenvalue weighted by atomic mass is 9.87. The Hall–Kier alpha value is -1.71. The lowest BCUT2D eigenvalue weighted by molar-refractivity contribution is 0.239. The van der Waals surface area contributed by atoms with Gasteiger partial charge in [0.25, 0.3) is 0 Å². The zero-order chi connectivity index (χ0) is 15.6. The van der Waals surface area contributed by atoms with Crippen molar-refractivity contribution in [2.45, 2.75) is 44.9 Å². The minimum atomic E-state index is -0.0642. The van der Waals surface area contributed by atoms with E-state index in [2.05, 4.69) is 10.6 Å². The topological polar surface area (TPSA) is 50.4 Å². The van der Waals surface area contributed by atoms with E-state index in [0.29, 0.717) is 6.54 Å². The Kier molecular flexibility index (Phi) is 7.07. The Balaban J connectivity index is 1.59. The van der Waals surface area contributed by atoms with E-state index in [9.17, 15) is 4.79 Å². The first-order chi connectivity index (χ1) is 10.8. The summed E-state index contributed by atoms with van der Waals surface area (Å²) in [7, 11) is 1.67. The number of hydrogen-bond acceptors (Lipinski definition) is 2. The number of carbonyl (C=O) groups excluding carboxylic acids is 1. The molecule has 0 spiro atoms. The fourth-order valence-corrected chi connectivity index (χ4v) is 3.15. The maximum Gasteiger partial charge on any atom is 0.314 e. The van der Waals surface area contributed by atoms with E-state index < -0.39 is 0 Å². The van der Waals surface area contributed by atoms with Gasteiger partial charge in [-0.05, 0) is 30.4 Å². The van der Waals surface area contributed by atoms with Crippen LogP contribution in [0, 0.1) is 5.92 Å². The first-order valence-corrected chi connectivity index (χ1v) is 8.43. The molecule has 1 fully saturated rings. The molecule has 0 atom stereocenters. The number of urea groups is 1. The number of nitrogens with one attached hydrogen (secondary N) is 2. The van der Waals surface area contributed by atoms with Crippen molar-refractivity contribution in [2.75, 3.05) is 20.2 Å². The third kappa shape index (κ3) is 5.58. The van der Waals surface area contributed by atoms with Crippen LogP contribution in [0.1, 0.15) is 44.1 Å². The number of carbonyl (C=O) groups is 1. The minimum Gasteiger partial charge on any atom is -0.496 e. The highest BCUT2D eigenvalue weighted by atomic mass is 16.5. The molecule has 0 saturated heterocycles. The van der Waals surface area contributed by atoms with Crippen LogP contribution in [0.5, 0.6) is 5.75 Å². The number of ether oxygens (including phenoxy) is 1. The van der Waals surface area contributed by atoms with Crippen LogP contribution < -0.4 is 15.4 Å². The molecule has 0 aliphatic heterocycles. The van der Waals surface area contributed by atoms with Gasteiger partial charge in [-0.2, -0.15) is 0 Å². The van der Waals surface area contributed by atoms with Crippen molar-refractivity contribution >= 4 is 6.03 Å². The highest BCUT2D eigenvalue weighted by Gasteiger charge is 2.13. The molecule has 1 aromatic rings. The van der Waals surface area contributed by atoms with Crippen LogP contribution in [0.2, 0.25) is 0 Å². The molecule has 0 radical (unpaired) electrons. The average Bonchev–Trinajstić information content (AvgIpc) is 2.56. The van der Waals surface area contributed by atoms with E-state index in [1.54, 1.807) is 7.11 Å². The number of hydrogen-bond donors (Lipinski definition) is 2. The Morgan fingerprint density at radius 2 is 1.86 bits per heavy atom. The predicted octanol–water partition coefficient (Wildman–Crippen LogP) is 3.51. The second-order valence-electron chi connectivity index (χ2n) is 6.04. The van der Waals surface area contributed by atoms with E-state index in [-0.39, 0.29) is 6.03 Å². The van der Waals surface area contributed by atoms with Gasteiger partial charge in [-0.15, -0.1) is 0 Å². The number of para-hydroxylation sites is 1. The summed E-state index contributed by atoms with van der Waals surface area (Å²) in [6.45, 7) is 1.40. The van der Waals surface area contributed by atoms with Gasteiger partial charge in [-0.1, -0.05) is 50.3 Å². The van der Waals surface area contributed by atoms with Crippen LogP contribution in [0.25, 0.3) is 0 Å². The lowest BCUT2D eigenvalue weighted by Crippen LogP contribution is -2.37. The highest BCUT2D eigenvalue weighted by molar-refractivity contribution is 5.73. The van der Waals surface area contributed by atoms with Gasteiger partial charge in [0.05, 0.1) is 7.11 Å². The second kappa shape index (κ2) is 9.34. The molecule has 1 aliphatic rings. The molecule has 2 amide bonds. The molecule has 122 valence electrons. The van der Waals surface area contributed by atoms with E-state index in [1.165, 1.54) is 32.1 Å². The minimum absolute atomic E-state index is 0.0642. The van der Waals surface area contributed by atoms with E-state index in [0.717, 1.165) is 36.6 Å². The maximum atomic E-state index is 11.8. The predicted molar refractivity (Wildman–Crippen MR) is 89.3 cm³/mol. The Morgan fingerprint density at radius 3 is 2.64 bits per heavy atom. The first-order valence-electron chi connectivity index (χ1n) is 8.43. The molecule has 0 unspecified atom stereocenters. The van der Waals surface area contributed by atoms with Crippen molar-refractivity contribution in [1.82, 2.24) is 10.6 Å². The molecule has 0 aromatic heterocycles. The molecule has 1 saturated carbocycles. The number of rotatable bonds is 7. The summed E-state index contributed by atoms with van der Waals surface area (Å²) in [5, 5.41) is 5.88. The smallest absolute Gasteiger partial charge is 0.314 e. The molecule has 0 bridgehead atoms. The quantitative estimate of drug-likeness (QED) is 0.810. The summed E-state index contributed by atoms with van der Waals surface area (Å²) in [6.07, 6.45) is 8.65. The van der Waals surface area contributed by atoms with Crippen LogP contribution in [-0.4, -0.2) is 26.2 Å². The Labute approximate surface area is 133 Å². The molecule has 0 heterocycles. The van der Waals surface area contributed by atoms with Gasteiger partial charge in [0.15, 0.2) is 0 Å². The van der Waals surface area contributed by atoms with Crippen molar-refractivity contribution in [3.8, 4) is 5.75 Å². The summed E-state index contributed by atoms with van der Waals surface area (Å²) in [6, 6.07) is 7.85. The molecule has 2 N–H and O–H groups in total. The van der Waals surface area contributed by atoms with Gasteiger partial charge in [-0.3, -0.25) is 0 Å². The molecule has 4 heteroatoms. The van der Waals surface area contributed by atoms with Crippen molar-refractivity contribution in [3.63, 3.8) is 0 Å². The molecule has 22 heavy (non-hydrogen) atoms. The van der Waals surface area contributed by atoms with Crippen molar-refractivity contribution in [1.29, 1.82) is 0 Å². The molecule has 2 rings (SSSR count). The van der Waals surface area contributed by atoms with Crippen LogP contribution in [0.15, 0.2) is 24.3 Å². The number of amides is 2. The molecule has 1 aromatic carbocycles. The average molecular weight is 304 g/mol. The summed E-state index contributed by atoms with van der Waals surface area (Å²) >= 11 is 0. The zero-order valence-corrected chi connectivity index (χ0v) is 13.6. The fraction of sp³-hybridized carbons (Fsp3) is 0.611. The van der Waals surface area contributed by atoms with Crippen LogP contribution in [-0.2, 0) is 6.42 Å². The van der Waals surface area contributed by atoms with Gasteiger partial charge in [0, 0.05) is 13.1 Å². The second-order valence-corrected chi connectivity index (χ2v) is 6.04. The summed E-state index contributed by atoms with van der Waals surface area (Å²) in [4.78, 5) is 11.8. The lowest BCUT2D eigenvalue weighted by Gasteiger charge is -2.21. The van der Waals surface area contributed by atoms with E-state index in [1.807, 2.05) is 24.3 Å². The van der Waals surface area contributed by atoms with Crippen LogP contribution >= 0.6 is 0 Å². The largest absolute Gasteiger partial charge is 0.496 e. The van der Waals surface area contributed by atoms with Gasteiger partial charge < -0.3 is 15.4 Å². The number of benzene rings is 1. The zero-order valence-electron chi connectivity index (χ0n) is 13.6. The van der Waals surface area contributed by atoms with Crippen molar-refractivity contribution < 1.29 is 9.53 Å². The fourth-order valence-electron chi connectivity index (χ4n) is 3.15. The van der Waals surface area contributed by atoms with E-state index in [4.69, 9.17) is 4.74 Å². The maximum absolute atomic E-state index is 11.8. The SMILES string of the molecule is COc1ccccc1CCNC(=O)NCCC1CCCCC1. The molecular weight excluding hydrogens is 276 g/mol. The van der Waals surface area contributed by atoms with Gasteiger partial charge in [-0.25, -0.2) is 4.79 Å². The van der Waals surface area contributed by atoms with Crippen molar-refractivity contribution in [2.24, 2.45) is 5.92 Å². The Bertz CT molecular complexity index is 456. The third-order valence-electron chi connectivity index (χ3n) is 4.44. The molecular formula is C18H28N2O2. The van der Waals surface area contributed by atoms with Gasteiger partial charge in [0.2, 0.25) is 0 Å². The van der Waals surface area contributed by atoms with Crippen LogP contribution in [0.4, 0.5) is 4.79 Å². The molecule has 1 aliphatic carbocycles. The molecule has 4 nitrogen and oxygen atoms in total. The summed E-state index contributed by atoms with van der Waals surface area (Å²) < 4.78 is 5.31. The van der Waals surface area contributed by atoms with Gasteiger partial charge >= 0.3 is 6.03 Å². The summed E-state index contributed by atoms with van der Waals surface area (Å²) in [5.74, 6) is 1.68. The standard InChI is InChI=1S/C18H28N2O2/c1-22-17-10-6-5-9-16(17)12-14-20-18(21)19-13-11-15-7-3-2-4-8-15/h5-6,9-10,15H,2-4,7-8,11-14H2,1H3,(H2,19,20,21). The monoisotopic (exact) mass is 304 g/mol. The normalized spacial score (nSPS) is 15.3. The summed E-state index contributed by atoms with van der Waals surface area (Å²) in [5.41, 5.74) is 1.12. The first kappa shape index (κ1) is 16.7. The van der Waals surface area contributed by atoms with E-state index >= 15 is 0 Å².